The number of rotatable bonds is 4. The second kappa shape index (κ2) is 13.6. The molecule has 0 bridgehead atoms. The van der Waals surface area contributed by atoms with Crippen molar-refractivity contribution in [3.8, 4) is 11.1 Å². The van der Waals surface area contributed by atoms with Gasteiger partial charge in [0.25, 0.3) is 0 Å². The molecule has 0 spiro atoms. The minimum atomic E-state index is -2.84. The summed E-state index contributed by atoms with van der Waals surface area (Å²) in [6, 6.07) is 29.0. The van der Waals surface area contributed by atoms with E-state index in [1.165, 1.54) is 47.7 Å². The number of allylic oxidation sites excluding steroid dienone is 4. The van der Waals surface area contributed by atoms with Crippen LogP contribution in [-0.2, 0) is 38.5 Å². The number of hydrogen-bond acceptors (Lipinski definition) is 0. The Morgan fingerprint density at radius 1 is 0.682 bits per heavy atom. The van der Waals surface area contributed by atoms with Crippen LogP contribution in [0.4, 0.5) is 0 Å². The SMILES string of the molecule is CC(C)(C)c1ccc2c(c1)Cc1c-2ccc(C(C)(C)C)[c]1[Zr+2](=[C](c1cccc(Cl)c1)c1cccc(Cl)c1)[CH]1C=CC=C1.[Cl-].[Cl-]. The minimum Gasteiger partial charge on any atom is -1.00 e. The van der Waals surface area contributed by atoms with Crippen molar-refractivity contribution >= 4 is 29.7 Å². The van der Waals surface area contributed by atoms with Crippen LogP contribution in [0.1, 0.15) is 74.9 Å². The van der Waals surface area contributed by atoms with E-state index in [2.05, 4.69) is 133 Å². The molecule has 0 fully saturated rings. The maximum Gasteiger partial charge on any atom is -1.00 e. The average Bonchev–Trinajstić information content (AvgIpc) is 3.58. The van der Waals surface area contributed by atoms with Crippen LogP contribution in [0.5, 0.6) is 0 Å². The molecule has 0 heterocycles. The predicted octanol–water partition coefficient (Wildman–Crippen LogP) is 4.59. The van der Waals surface area contributed by atoms with Crippen LogP contribution in [0, 0.1) is 0 Å². The van der Waals surface area contributed by atoms with Crippen molar-refractivity contribution in [3.05, 3.63) is 147 Å². The van der Waals surface area contributed by atoms with E-state index in [1.807, 2.05) is 12.1 Å². The molecule has 0 amide bonds. The van der Waals surface area contributed by atoms with Crippen molar-refractivity contribution in [1.82, 2.24) is 0 Å². The molecule has 0 nitrogen and oxygen atoms in total. The van der Waals surface area contributed by atoms with Gasteiger partial charge in [0.15, 0.2) is 0 Å². The van der Waals surface area contributed by atoms with Crippen LogP contribution in [0.3, 0.4) is 0 Å². The standard InChI is InChI=1S/C21H25.C13H8Cl2.C5H5.2ClH.Zr/c1-20(2,3)16-7-9-18-14(12-16)11-15-13-17(21(4,5)6)8-10-19(15)18;14-12-5-1-3-10(8-12)7-11-4-2-6-13(15)9-11;1-2-4-5-3-1;;;/h7-10,12H,11H2,1-6H3;1-6,8-9H;1-5H;2*1H;/q;;;;;+2/p-2. The van der Waals surface area contributed by atoms with Gasteiger partial charge < -0.3 is 24.8 Å². The fourth-order valence-electron chi connectivity index (χ4n) is 6.52. The summed E-state index contributed by atoms with van der Waals surface area (Å²) in [5, 5.41) is 1.53. The van der Waals surface area contributed by atoms with Gasteiger partial charge >= 0.3 is 271 Å². The number of fused-ring (bicyclic) bond motifs is 3. The van der Waals surface area contributed by atoms with E-state index in [4.69, 9.17) is 23.2 Å². The third-order valence-electron chi connectivity index (χ3n) is 8.60. The average molecular weight is 740 g/mol. The molecular formula is C39H38Cl4Zr. The summed E-state index contributed by atoms with van der Waals surface area (Å²) in [4.78, 5) is 0. The number of benzene rings is 4. The summed E-state index contributed by atoms with van der Waals surface area (Å²) in [5.41, 5.74) is 11.2. The van der Waals surface area contributed by atoms with Gasteiger partial charge in [0.05, 0.1) is 0 Å². The van der Waals surface area contributed by atoms with E-state index in [9.17, 15) is 0 Å². The molecule has 0 aromatic heterocycles. The Morgan fingerprint density at radius 3 is 1.77 bits per heavy atom. The van der Waals surface area contributed by atoms with Crippen LogP contribution in [0.15, 0.2) is 103 Å². The summed E-state index contributed by atoms with van der Waals surface area (Å²) in [6.07, 6.45) is 10.3. The summed E-state index contributed by atoms with van der Waals surface area (Å²) in [7, 11) is 0. The van der Waals surface area contributed by atoms with Gasteiger partial charge in [-0.1, -0.05) is 0 Å². The molecule has 0 aliphatic heterocycles. The number of halogens is 4. The van der Waals surface area contributed by atoms with Gasteiger partial charge in [0.2, 0.25) is 0 Å². The molecular weight excluding hydrogens is 701 g/mol. The van der Waals surface area contributed by atoms with Gasteiger partial charge in [0, 0.05) is 0 Å². The molecule has 44 heavy (non-hydrogen) atoms. The van der Waals surface area contributed by atoms with Crippen molar-refractivity contribution in [2.75, 3.05) is 0 Å². The van der Waals surface area contributed by atoms with E-state index >= 15 is 0 Å². The van der Waals surface area contributed by atoms with Crippen molar-refractivity contribution in [2.45, 2.75) is 62.4 Å². The summed E-state index contributed by atoms with van der Waals surface area (Å²) >= 11 is 10.5. The van der Waals surface area contributed by atoms with Crippen molar-refractivity contribution in [2.24, 2.45) is 0 Å². The third-order valence-corrected chi connectivity index (χ3v) is 17.1. The Labute approximate surface area is 293 Å². The summed E-state index contributed by atoms with van der Waals surface area (Å²) < 4.78 is 3.47. The quantitative estimate of drug-likeness (QED) is 0.253. The molecule has 2 aliphatic rings. The monoisotopic (exact) mass is 736 g/mol. The first-order valence-electron chi connectivity index (χ1n) is 14.8. The molecule has 0 N–H and O–H groups in total. The molecule has 0 radical (unpaired) electrons. The topological polar surface area (TPSA) is 0 Å². The zero-order chi connectivity index (χ0) is 29.8. The summed E-state index contributed by atoms with van der Waals surface area (Å²) in [5.74, 6) is 0. The van der Waals surface area contributed by atoms with Crippen LogP contribution in [0.25, 0.3) is 11.1 Å². The Morgan fingerprint density at radius 2 is 1.25 bits per heavy atom. The van der Waals surface area contributed by atoms with Crippen LogP contribution >= 0.6 is 23.2 Å². The van der Waals surface area contributed by atoms with Gasteiger partial charge in [-0.3, -0.25) is 0 Å². The van der Waals surface area contributed by atoms with E-state index in [0.717, 1.165) is 16.5 Å². The predicted molar refractivity (Wildman–Crippen MR) is 180 cm³/mol. The molecule has 226 valence electrons. The molecule has 4 aromatic rings. The Bertz CT molecular complexity index is 1740. The third kappa shape index (κ3) is 6.84. The molecule has 0 unspecified atom stereocenters. The van der Waals surface area contributed by atoms with E-state index in [0.29, 0.717) is 3.63 Å². The Kier molecular flexibility index (Phi) is 10.8. The number of hydrogen-bond donors (Lipinski definition) is 0. The smallest absolute Gasteiger partial charge is 1.00 e. The van der Waals surface area contributed by atoms with Gasteiger partial charge in [-0.2, -0.15) is 0 Å². The van der Waals surface area contributed by atoms with E-state index < -0.39 is 21.3 Å². The second-order valence-electron chi connectivity index (χ2n) is 13.7. The van der Waals surface area contributed by atoms with Crippen LogP contribution in [0.2, 0.25) is 13.7 Å². The molecule has 0 atom stereocenters. The molecule has 4 aromatic carbocycles. The van der Waals surface area contributed by atoms with Crippen LogP contribution in [-0.4, -0.2) is 3.21 Å². The first-order valence-corrected chi connectivity index (χ1v) is 19.5. The second-order valence-corrected chi connectivity index (χ2v) is 20.7. The normalized spacial score (nSPS) is 13.4. The van der Waals surface area contributed by atoms with Gasteiger partial charge in [0.1, 0.15) is 0 Å². The van der Waals surface area contributed by atoms with E-state index in [-0.39, 0.29) is 35.6 Å². The van der Waals surface area contributed by atoms with E-state index in [1.54, 1.807) is 3.27 Å². The molecule has 2 aliphatic carbocycles. The van der Waals surface area contributed by atoms with Crippen LogP contribution < -0.4 is 28.1 Å². The largest absolute Gasteiger partial charge is 1.00 e. The molecule has 5 heteroatoms. The zero-order valence-electron chi connectivity index (χ0n) is 26.1. The zero-order valence-corrected chi connectivity index (χ0v) is 31.6. The fourth-order valence-corrected chi connectivity index (χ4v) is 16.1. The minimum absolute atomic E-state index is 0. The molecule has 0 saturated carbocycles. The van der Waals surface area contributed by atoms with Gasteiger partial charge in [-0.25, -0.2) is 0 Å². The fraction of sp³-hybridized carbons (Fsp3) is 0.256. The maximum atomic E-state index is 6.68. The van der Waals surface area contributed by atoms with Crippen molar-refractivity contribution in [3.63, 3.8) is 0 Å². The molecule has 6 rings (SSSR count). The van der Waals surface area contributed by atoms with Gasteiger partial charge in [-0.15, -0.1) is 0 Å². The molecule has 0 saturated heterocycles. The Hall–Kier alpha value is -1.73. The summed E-state index contributed by atoms with van der Waals surface area (Å²) in [6.45, 7) is 14.0. The van der Waals surface area contributed by atoms with Crippen molar-refractivity contribution in [1.29, 1.82) is 0 Å². The first kappa shape index (κ1) is 35.1. The Balaban J connectivity index is 0.00000221. The van der Waals surface area contributed by atoms with Crippen molar-refractivity contribution < 1.29 is 46.1 Å². The maximum absolute atomic E-state index is 6.68. The van der Waals surface area contributed by atoms with Gasteiger partial charge in [-0.05, 0) is 0 Å². The first-order chi connectivity index (χ1) is 19.9.